The quantitative estimate of drug-likeness (QED) is 0.106. The third kappa shape index (κ3) is 7.66. The Hall–Kier alpha value is -4.97. The summed E-state index contributed by atoms with van der Waals surface area (Å²) < 4.78 is 41.5. The first kappa shape index (κ1) is 29.5. The van der Waals surface area contributed by atoms with Crippen molar-refractivity contribution in [2.24, 2.45) is 0 Å². The normalized spacial score (nSPS) is 11.0. The third-order valence-electron chi connectivity index (χ3n) is 7.27. The molecule has 0 saturated heterocycles. The minimum absolute atomic E-state index is 0.774. The molecule has 6 rings (SSSR count). The summed E-state index contributed by atoms with van der Waals surface area (Å²) in [4.78, 5) is 0. The Balaban J connectivity index is 0.000000682. The summed E-state index contributed by atoms with van der Waals surface area (Å²) >= 11 is 0. The van der Waals surface area contributed by atoms with Crippen LogP contribution in [0.1, 0.15) is 11.1 Å². The molecular weight excluding hydrogens is 545 g/mol. The highest BCUT2D eigenvalue weighted by Gasteiger charge is 2.24. The van der Waals surface area contributed by atoms with Crippen molar-refractivity contribution in [1.82, 2.24) is 0 Å². The first-order chi connectivity index (χ1) is 20.8. The lowest BCUT2D eigenvalue weighted by Gasteiger charge is -2.15. The van der Waals surface area contributed by atoms with Gasteiger partial charge in [0.05, 0.1) is 0 Å². The van der Waals surface area contributed by atoms with Gasteiger partial charge in [-0.3, -0.25) is 0 Å². The Kier molecular flexibility index (Phi) is 9.16. The molecule has 0 radical (unpaired) electrons. The fraction of sp³-hybridized carbons (Fsp3) is 0.0541. The van der Waals surface area contributed by atoms with Crippen LogP contribution in [0.2, 0.25) is 0 Å². The summed E-state index contributed by atoms with van der Waals surface area (Å²) in [6.07, 6.45) is 0. The molecule has 6 aromatic rings. The zero-order chi connectivity index (χ0) is 30.2. The Morgan fingerprint density at radius 2 is 0.860 bits per heavy atom. The summed E-state index contributed by atoms with van der Waals surface area (Å²) in [7, 11) is -6.00. The Morgan fingerprint density at radius 1 is 0.465 bits per heavy atom. The molecule has 0 fully saturated rings. The molecule has 0 aliphatic heterocycles. The predicted octanol–water partition coefficient (Wildman–Crippen LogP) is 10.3. The Morgan fingerprint density at radius 3 is 1.30 bits per heavy atom. The molecule has 0 saturated carbocycles. The maximum Gasteiger partial charge on any atom is 0.673 e. The van der Waals surface area contributed by atoms with Gasteiger partial charge in [-0.05, 0) is 59.0 Å². The molecule has 6 heteroatoms. The van der Waals surface area contributed by atoms with Crippen molar-refractivity contribution < 1.29 is 21.8 Å². The molecule has 43 heavy (non-hydrogen) atoms. The van der Waals surface area contributed by atoms with E-state index in [2.05, 4.69) is 163 Å². The Bertz CT molecular complexity index is 1710. The smallest absolute Gasteiger partial charge is 0.418 e. The van der Waals surface area contributed by atoms with Gasteiger partial charge >= 0.3 is 7.25 Å². The van der Waals surface area contributed by atoms with E-state index >= 15 is 0 Å². The molecule has 0 atom stereocenters. The fourth-order valence-corrected chi connectivity index (χ4v) is 5.24. The zero-order valence-corrected chi connectivity index (χ0v) is 23.7. The molecule has 1 nitrogen and oxygen atoms in total. The van der Waals surface area contributed by atoms with Gasteiger partial charge in [0.15, 0.2) is 6.54 Å². The topological polar surface area (TPSA) is 3.88 Å². The van der Waals surface area contributed by atoms with Crippen molar-refractivity contribution in [1.29, 1.82) is 0 Å². The van der Waals surface area contributed by atoms with Crippen molar-refractivity contribution in [3.8, 4) is 44.8 Å². The maximum absolute atomic E-state index is 9.75. The number of aromatic nitrogens is 1. The number of hydrogen-bond acceptors (Lipinski definition) is 0. The van der Waals surface area contributed by atoms with Gasteiger partial charge < -0.3 is 17.3 Å². The van der Waals surface area contributed by atoms with Gasteiger partial charge in [0.25, 0.3) is 0 Å². The molecule has 0 N–H and O–H groups in total. The second-order valence-corrected chi connectivity index (χ2v) is 10.1. The molecule has 0 aliphatic carbocycles. The van der Waals surface area contributed by atoms with Crippen LogP contribution in [0.4, 0.5) is 17.3 Å². The summed E-state index contributed by atoms with van der Waals surface area (Å²) in [6.45, 7) is 3.02. The van der Waals surface area contributed by atoms with Crippen molar-refractivity contribution in [3.05, 3.63) is 163 Å². The summed E-state index contributed by atoms with van der Waals surface area (Å²) in [5.41, 5.74) is 12.4. The van der Waals surface area contributed by atoms with Crippen LogP contribution in [0, 0.1) is 6.92 Å². The molecule has 214 valence electrons. The van der Waals surface area contributed by atoms with Crippen LogP contribution in [0.5, 0.6) is 0 Å². The highest BCUT2D eigenvalue weighted by atomic mass is 19.5. The average molecular weight is 575 g/mol. The monoisotopic (exact) mass is 575 g/mol. The number of halogens is 4. The third-order valence-corrected chi connectivity index (χ3v) is 7.27. The number of hydrogen-bond donors (Lipinski definition) is 0. The van der Waals surface area contributed by atoms with Crippen LogP contribution < -0.4 is 4.57 Å². The van der Waals surface area contributed by atoms with Gasteiger partial charge in [0, 0.05) is 28.8 Å². The fourth-order valence-electron chi connectivity index (χ4n) is 5.24. The minimum Gasteiger partial charge on any atom is -0.418 e. The number of benzene rings is 5. The number of rotatable bonds is 6. The lowest BCUT2D eigenvalue weighted by Crippen LogP contribution is -2.40. The lowest BCUT2D eigenvalue weighted by molar-refractivity contribution is -0.666. The van der Waals surface area contributed by atoms with E-state index in [0.29, 0.717) is 0 Å². The molecule has 0 bridgehead atoms. The molecule has 1 heterocycles. The van der Waals surface area contributed by atoms with Gasteiger partial charge in [-0.2, -0.15) is 4.57 Å². The van der Waals surface area contributed by atoms with Gasteiger partial charge in [-0.25, -0.2) is 0 Å². The number of nitrogens with zero attached hydrogens (tertiary/aromatic N) is 1. The van der Waals surface area contributed by atoms with Crippen molar-refractivity contribution in [2.45, 2.75) is 13.5 Å². The maximum atomic E-state index is 9.75. The van der Waals surface area contributed by atoms with Crippen molar-refractivity contribution in [2.75, 3.05) is 0 Å². The lowest BCUT2D eigenvalue weighted by atomic mass is 9.95. The van der Waals surface area contributed by atoms with E-state index < -0.39 is 7.25 Å². The van der Waals surface area contributed by atoms with Gasteiger partial charge in [-0.1, -0.05) is 115 Å². The van der Waals surface area contributed by atoms with Crippen LogP contribution in [0.25, 0.3) is 44.8 Å². The van der Waals surface area contributed by atoms with Gasteiger partial charge in [0.2, 0.25) is 11.4 Å². The molecule has 0 amide bonds. The van der Waals surface area contributed by atoms with Crippen LogP contribution >= 0.6 is 0 Å². The zero-order valence-electron chi connectivity index (χ0n) is 23.7. The molecule has 1 aromatic heterocycles. The molecule has 0 aliphatic rings. The summed E-state index contributed by atoms with van der Waals surface area (Å²) in [6, 6.07) is 54.2. The van der Waals surface area contributed by atoms with E-state index in [-0.39, 0.29) is 0 Å². The largest absolute Gasteiger partial charge is 0.673 e. The highest BCUT2D eigenvalue weighted by Crippen LogP contribution is 2.31. The standard InChI is InChI=1S/C37H30N.BF4/c1-28-33(23-14-24-35(28)30-17-8-3-9-18-30)27-38-36(31-19-10-4-11-20-31)25-34(29-15-6-2-7-16-29)26-37(38)32-21-12-5-13-22-32;2-1(3,4)5/h2-26H,27H2,1H3;/q+1;-1. The molecule has 5 aromatic carbocycles. The second kappa shape index (κ2) is 13.3. The molecule has 0 spiro atoms. The van der Waals surface area contributed by atoms with E-state index in [9.17, 15) is 17.3 Å². The van der Waals surface area contributed by atoms with Crippen LogP contribution in [0.15, 0.2) is 152 Å². The summed E-state index contributed by atoms with van der Waals surface area (Å²) in [5.74, 6) is 0. The van der Waals surface area contributed by atoms with Gasteiger partial charge in [-0.15, -0.1) is 0 Å². The van der Waals surface area contributed by atoms with Crippen LogP contribution in [0.3, 0.4) is 0 Å². The van der Waals surface area contributed by atoms with Crippen molar-refractivity contribution in [3.63, 3.8) is 0 Å². The molecular formula is C37H30BF4N. The van der Waals surface area contributed by atoms with E-state index in [1.54, 1.807) is 0 Å². The SMILES string of the molecule is Cc1c(C[n+]2c(-c3ccccc3)cc(-c3ccccc3)cc2-c2ccccc2)cccc1-c1ccccc1.F[B-](F)(F)F. The first-order valence-electron chi connectivity index (χ1n) is 14.0. The minimum atomic E-state index is -6.00. The van der Waals surface area contributed by atoms with Crippen LogP contribution in [-0.2, 0) is 6.54 Å². The average Bonchev–Trinajstić information content (AvgIpc) is 3.03. The van der Waals surface area contributed by atoms with E-state index in [0.717, 1.165) is 6.54 Å². The number of pyridine rings is 1. The van der Waals surface area contributed by atoms with Gasteiger partial charge in [0.1, 0.15) is 0 Å². The second-order valence-electron chi connectivity index (χ2n) is 10.1. The van der Waals surface area contributed by atoms with E-state index in [1.807, 2.05) is 0 Å². The highest BCUT2D eigenvalue weighted by molar-refractivity contribution is 6.50. The van der Waals surface area contributed by atoms with Crippen molar-refractivity contribution >= 4 is 7.25 Å². The Labute approximate surface area is 249 Å². The first-order valence-corrected chi connectivity index (χ1v) is 14.0. The molecule has 0 unspecified atom stereocenters. The predicted molar refractivity (Wildman–Crippen MR) is 169 cm³/mol. The summed E-state index contributed by atoms with van der Waals surface area (Å²) in [5, 5.41) is 0. The van der Waals surface area contributed by atoms with E-state index in [1.165, 1.54) is 55.9 Å². The van der Waals surface area contributed by atoms with E-state index in [4.69, 9.17) is 0 Å². The van der Waals surface area contributed by atoms with Crippen LogP contribution in [-0.4, -0.2) is 7.25 Å².